The highest BCUT2D eigenvalue weighted by molar-refractivity contribution is 4.84. The lowest BCUT2D eigenvalue weighted by atomic mass is 9.92. The van der Waals surface area contributed by atoms with Gasteiger partial charge in [0.05, 0.1) is 18.8 Å². The van der Waals surface area contributed by atoms with E-state index in [1.807, 2.05) is 6.92 Å². The van der Waals surface area contributed by atoms with Gasteiger partial charge in [-0.05, 0) is 19.8 Å². The SMILES string of the molecule is CCCC(OCC)C(NN)C1CCOC1. The summed E-state index contributed by atoms with van der Waals surface area (Å²) in [4.78, 5) is 0. The number of hydrogen-bond acceptors (Lipinski definition) is 4. The van der Waals surface area contributed by atoms with Crippen LogP contribution in [0.15, 0.2) is 0 Å². The molecular formula is C11H24N2O2. The second-order valence-electron chi connectivity index (χ2n) is 4.10. The van der Waals surface area contributed by atoms with Crippen LogP contribution in [0.5, 0.6) is 0 Å². The summed E-state index contributed by atoms with van der Waals surface area (Å²) >= 11 is 0. The van der Waals surface area contributed by atoms with Gasteiger partial charge in [-0.1, -0.05) is 13.3 Å². The van der Waals surface area contributed by atoms with Gasteiger partial charge in [0.1, 0.15) is 0 Å². The largest absolute Gasteiger partial charge is 0.381 e. The van der Waals surface area contributed by atoms with Crippen LogP contribution >= 0.6 is 0 Å². The summed E-state index contributed by atoms with van der Waals surface area (Å²) < 4.78 is 11.1. The monoisotopic (exact) mass is 216 g/mol. The minimum Gasteiger partial charge on any atom is -0.381 e. The van der Waals surface area contributed by atoms with E-state index in [2.05, 4.69) is 12.3 Å². The Morgan fingerprint density at radius 3 is 2.80 bits per heavy atom. The number of hydrogen-bond donors (Lipinski definition) is 2. The van der Waals surface area contributed by atoms with E-state index in [0.717, 1.165) is 39.1 Å². The molecule has 1 rings (SSSR count). The van der Waals surface area contributed by atoms with Crippen molar-refractivity contribution in [3.8, 4) is 0 Å². The Hall–Kier alpha value is -0.160. The van der Waals surface area contributed by atoms with Crippen molar-refractivity contribution in [2.24, 2.45) is 11.8 Å². The van der Waals surface area contributed by atoms with E-state index in [4.69, 9.17) is 15.3 Å². The number of ether oxygens (including phenoxy) is 2. The summed E-state index contributed by atoms with van der Waals surface area (Å²) in [6.45, 7) is 6.61. The van der Waals surface area contributed by atoms with Crippen LogP contribution in [0.4, 0.5) is 0 Å². The number of rotatable bonds is 7. The van der Waals surface area contributed by atoms with Gasteiger partial charge in [0.25, 0.3) is 0 Å². The van der Waals surface area contributed by atoms with Gasteiger partial charge in [-0.2, -0.15) is 0 Å². The minimum atomic E-state index is 0.219. The zero-order valence-electron chi connectivity index (χ0n) is 9.87. The number of hydrazine groups is 1. The minimum absolute atomic E-state index is 0.219. The van der Waals surface area contributed by atoms with E-state index in [9.17, 15) is 0 Å². The molecule has 15 heavy (non-hydrogen) atoms. The smallest absolute Gasteiger partial charge is 0.0744 e. The van der Waals surface area contributed by atoms with E-state index >= 15 is 0 Å². The fourth-order valence-corrected chi connectivity index (χ4v) is 2.25. The Balaban J connectivity index is 2.50. The fraction of sp³-hybridized carbons (Fsp3) is 1.00. The van der Waals surface area contributed by atoms with Crippen molar-refractivity contribution >= 4 is 0 Å². The first-order chi connectivity index (χ1) is 7.33. The van der Waals surface area contributed by atoms with E-state index in [1.54, 1.807) is 0 Å². The molecule has 3 atom stereocenters. The molecule has 3 unspecified atom stereocenters. The first-order valence-corrected chi connectivity index (χ1v) is 5.98. The molecule has 0 aromatic heterocycles. The topological polar surface area (TPSA) is 56.5 Å². The van der Waals surface area contributed by atoms with E-state index in [1.165, 1.54) is 0 Å². The summed E-state index contributed by atoms with van der Waals surface area (Å²) in [5.41, 5.74) is 2.91. The fourth-order valence-electron chi connectivity index (χ4n) is 2.25. The molecule has 0 aliphatic carbocycles. The lowest BCUT2D eigenvalue weighted by Crippen LogP contribution is -2.50. The quantitative estimate of drug-likeness (QED) is 0.493. The molecule has 1 aliphatic heterocycles. The van der Waals surface area contributed by atoms with E-state index < -0.39 is 0 Å². The molecule has 4 heteroatoms. The first kappa shape index (κ1) is 12.9. The summed E-state index contributed by atoms with van der Waals surface area (Å²) in [5.74, 6) is 6.13. The zero-order valence-corrected chi connectivity index (χ0v) is 9.87. The maximum Gasteiger partial charge on any atom is 0.0744 e. The molecule has 1 heterocycles. The van der Waals surface area contributed by atoms with Crippen LogP contribution in [0, 0.1) is 5.92 Å². The predicted molar refractivity (Wildman–Crippen MR) is 60.4 cm³/mol. The first-order valence-electron chi connectivity index (χ1n) is 5.98. The Kier molecular flexibility index (Phi) is 6.17. The van der Waals surface area contributed by atoms with Crippen molar-refractivity contribution in [3.05, 3.63) is 0 Å². The van der Waals surface area contributed by atoms with Crippen LogP contribution in [-0.4, -0.2) is 32.0 Å². The molecular weight excluding hydrogens is 192 g/mol. The normalized spacial score (nSPS) is 25.4. The Morgan fingerprint density at radius 2 is 2.33 bits per heavy atom. The Morgan fingerprint density at radius 1 is 1.53 bits per heavy atom. The third kappa shape index (κ3) is 3.72. The van der Waals surface area contributed by atoms with Gasteiger partial charge >= 0.3 is 0 Å². The second-order valence-corrected chi connectivity index (χ2v) is 4.10. The Bertz CT molecular complexity index is 155. The molecule has 1 aliphatic rings. The van der Waals surface area contributed by atoms with Crippen LogP contribution in [0.1, 0.15) is 33.1 Å². The standard InChI is InChI=1S/C11H24N2O2/c1-3-5-10(15-4-2)11(13-12)9-6-7-14-8-9/h9-11,13H,3-8,12H2,1-2H3. The van der Waals surface area contributed by atoms with Gasteiger partial charge in [0.2, 0.25) is 0 Å². The van der Waals surface area contributed by atoms with Crippen LogP contribution in [0.3, 0.4) is 0 Å². The lowest BCUT2D eigenvalue weighted by molar-refractivity contribution is 0.00970. The van der Waals surface area contributed by atoms with E-state index in [-0.39, 0.29) is 12.1 Å². The molecule has 1 fully saturated rings. The van der Waals surface area contributed by atoms with Gasteiger partial charge in [-0.25, -0.2) is 0 Å². The van der Waals surface area contributed by atoms with Gasteiger partial charge in [0.15, 0.2) is 0 Å². The third-order valence-electron chi connectivity index (χ3n) is 3.02. The molecule has 0 bridgehead atoms. The van der Waals surface area contributed by atoms with Gasteiger partial charge in [0, 0.05) is 19.1 Å². The molecule has 0 radical (unpaired) electrons. The van der Waals surface area contributed by atoms with Crippen LogP contribution in [0.25, 0.3) is 0 Å². The maximum atomic E-state index is 5.75. The average molecular weight is 216 g/mol. The van der Waals surface area contributed by atoms with Crippen LogP contribution in [0.2, 0.25) is 0 Å². The molecule has 90 valence electrons. The van der Waals surface area contributed by atoms with Gasteiger partial charge in [-0.3, -0.25) is 11.3 Å². The van der Waals surface area contributed by atoms with Gasteiger partial charge in [-0.15, -0.1) is 0 Å². The average Bonchev–Trinajstić information content (AvgIpc) is 2.73. The molecule has 0 aromatic rings. The highest BCUT2D eigenvalue weighted by Gasteiger charge is 2.31. The number of nitrogens with one attached hydrogen (secondary N) is 1. The maximum absolute atomic E-state index is 5.75. The lowest BCUT2D eigenvalue weighted by Gasteiger charge is -2.30. The molecule has 3 N–H and O–H groups in total. The van der Waals surface area contributed by atoms with Crippen molar-refractivity contribution in [1.82, 2.24) is 5.43 Å². The molecule has 1 saturated heterocycles. The van der Waals surface area contributed by atoms with Crippen molar-refractivity contribution < 1.29 is 9.47 Å². The molecule has 4 nitrogen and oxygen atoms in total. The van der Waals surface area contributed by atoms with Gasteiger partial charge < -0.3 is 9.47 Å². The molecule has 0 amide bonds. The van der Waals surface area contributed by atoms with Crippen molar-refractivity contribution in [2.45, 2.75) is 45.3 Å². The van der Waals surface area contributed by atoms with Crippen LogP contribution < -0.4 is 11.3 Å². The third-order valence-corrected chi connectivity index (χ3v) is 3.02. The number of nitrogens with two attached hydrogens (primary N) is 1. The molecule has 0 saturated carbocycles. The predicted octanol–water partition coefficient (Wildman–Crippen LogP) is 1.06. The molecule has 0 spiro atoms. The summed E-state index contributed by atoms with van der Waals surface area (Å²) in [6, 6.07) is 0.229. The van der Waals surface area contributed by atoms with Crippen molar-refractivity contribution in [1.29, 1.82) is 0 Å². The Labute approximate surface area is 92.5 Å². The molecule has 0 aromatic carbocycles. The summed E-state index contributed by atoms with van der Waals surface area (Å²) in [6.07, 6.45) is 3.48. The highest BCUT2D eigenvalue weighted by Crippen LogP contribution is 2.22. The van der Waals surface area contributed by atoms with Crippen molar-refractivity contribution in [3.63, 3.8) is 0 Å². The summed E-state index contributed by atoms with van der Waals surface area (Å²) in [5, 5.41) is 0. The summed E-state index contributed by atoms with van der Waals surface area (Å²) in [7, 11) is 0. The highest BCUT2D eigenvalue weighted by atomic mass is 16.5. The second kappa shape index (κ2) is 7.17. The van der Waals surface area contributed by atoms with Crippen LogP contribution in [-0.2, 0) is 9.47 Å². The van der Waals surface area contributed by atoms with E-state index in [0.29, 0.717) is 5.92 Å². The zero-order chi connectivity index (χ0) is 11.1. The van der Waals surface area contributed by atoms with Crippen molar-refractivity contribution in [2.75, 3.05) is 19.8 Å².